The fourth-order valence-corrected chi connectivity index (χ4v) is 5.16. The maximum Gasteiger partial charge on any atom is 0.110 e. The highest BCUT2D eigenvalue weighted by Crippen LogP contribution is 2.17. The van der Waals surface area contributed by atoms with Gasteiger partial charge in [0.1, 0.15) is 11.6 Å². The zero-order valence-corrected chi connectivity index (χ0v) is 18.5. The van der Waals surface area contributed by atoms with Gasteiger partial charge in [-0.3, -0.25) is 0 Å². The molecule has 154 valence electrons. The van der Waals surface area contributed by atoms with Gasteiger partial charge in [-0.05, 0) is 11.1 Å². The molecule has 0 radical (unpaired) electrons. The van der Waals surface area contributed by atoms with Gasteiger partial charge >= 0.3 is 0 Å². The third-order valence-corrected chi connectivity index (χ3v) is 6.95. The van der Waals surface area contributed by atoms with E-state index in [-0.39, 0.29) is 0 Å². The molecule has 4 rings (SSSR count). The standard InChI is InChI=1S/C24H26N4S2/c1-3-7-19(8-4-1)13-23-25-15-21(27-23)17-29-11-12-30-18-22-16-26-24(28-22)14-20-9-5-2-6-10-20/h1-10,15-16H,11-14,17-18H2,(H,25,27)(H,26,28). The van der Waals surface area contributed by atoms with Gasteiger partial charge in [-0.2, -0.15) is 23.5 Å². The average molecular weight is 435 g/mol. The van der Waals surface area contributed by atoms with E-state index in [4.69, 9.17) is 0 Å². The summed E-state index contributed by atoms with van der Waals surface area (Å²) in [6, 6.07) is 20.9. The van der Waals surface area contributed by atoms with E-state index < -0.39 is 0 Å². The smallest absolute Gasteiger partial charge is 0.110 e. The van der Waals surface area contributed by atoms with Crippen LogP contribution in [0.15, 0.2) is 73.1 Å². The van der Waals surface area contributed by atoms with Crippen molar-refractivity contribution in [1.82, 2.24) is 19.9 Å². The molecule has 0 unspecified atom stereocenters. The summed E-state index contributed by atoms with van der Waals surface area (Å²) in [5.74, 6) is 6.29. The predicted molar refractivity (Wildman–Crippen MR) is 128 cm³/mol. The monoisotopic (exact) mass is 434 g/mol. The Labute approximate surface area is 186 Å². The van der Waals surface area contributed by atoms with Gasteiger partial charge in [0.2, 0.25) is 0 Å². The molecule has 30 heavy (non-hydrogen) atoms. The first kappa shape index (κ1) is 20.8. The van der Waals surface area contributed by atoms with Gasteiger partial charge in [0.25, 0.3) is 0 Å². The van der Waals surface area contributed by atoms with Crippen molar-refractivity contribution in [3.05, 3.63) is 107 Å². The Hall–Kier alpha value is -2.44. The summed E-state index contributed by atoms with van der Waals surface area (Å²) in [5.41, 5.74) is 4.98. The highest BCUT2D eigenvalue weighted by molar-refractivity contribution is 8.02. The lowest BCUT2D eigenvalue weighted by molar-refractivity contribution is 1.01. The molecule has 0 aliphatic carbocycles. The van der Waals surface area contributed by atoms with Crippen molar-refractivity contribution in [1.29, 1.82) is 0 Å². The number of aromatic nitrogens is 4. The number of rotatable bonds is 11. The summed E-state index contributed by atoms with van der Waals surface area (Å²) < 4.78 is 0. The number of hydrogen-bond donors (Lipinski definition) is 2. The summed E-state index contributed by atoms with van der Waals surface area (Å²) in [5, 5.41) is 0. The van der Waals surface area contributed by atoms with Crippen molar-refractivity contribution < 1.29 is 0 Å². The van der Waals surface area contributed by atoms with Crippen LogP contribution in [0.5, 0.6) is 0 Å². The number of thioether (sulfide) groups is 2. The molecule has 2 N–H and O–H groups in total. The molecular weight excluding hydrogens is 408 g/mol. The molecule has 4 aromatic rings. The van der Waals surface area contributed by atoms with Crippen molar-refractivity contribution in [2.45, 2.75) is 24.3 Å². The lowest BCUT2D eigenvalue weighted by Crippen LogP contribution is -1.92. The fraction of sp³-hybridized carbons (Fsp3) is 0.250. The third-order valence-electron chi connectivity index (χ3n) is 4.68. The number of imidazole rings is 2. The Morgan fingerprint density at radius 1 is 0.600 bits per heavy atom. The van der Waals surface area contributed by atoms with Crippen molar-refractivity contribution >= 4 is 23.5 Å². The van der Waals surface area contributed by atoms with E-state index in [0.717, 1.165) is 47.5 Å². The van der Waals surface area contributed by atoms with Gasteiger partial charge in [0.05, 0.1) is 0 Å². The van der Waals surface area contributed by atoms with E-state index in [9.17, 15) is 0 Å². The van der Waals surface area contributed by atoms with Crippen LogP contribution in [0.2, 0.25) is 0 Å². The average Bonchev–Trinajstić information content (AvgIpc) is 3.41. The fourth-order valence-electron chi connectivity index (χ4n) is 3.20. The van der Waals surface area contributed by atoms with Gasteiger partial charge in [-0.25, -0.2) is 9.97 Å². The number of nitrogens with zero attached hydrogens (tertiary/aromatic N) is 2. The molecule has 4 nitrogen and oxygen atoms in total. The number of benzene rings is 2. The molecular formula is C24H26N4S2. The largest absolute Gasteiger partial charge is 0.345 e. The molecule has 2 heterocycles. The van der Waals surface area contributed by atoms with Crippen LogP contribution >= 0.6 is 23.5 Å². The topological polar surface area (TPSA) is 57.4 Å². The Bertz CT molecular complexity index is 928. The van der Waals surface area contributed by atoms with Crippen LogP contribution < -0.4 is 0 Å². The van der Waals surface area contributed by atoms with Gasteiger partial charge < -0.3 is 9.97 Å². The summed E-state index contributed by atoms with van der Waals surface area (Å²) in [4.78, 5) is 15.9. The summed E-state index contributed by atoms with van der Waals surface area (Å²) in [6.07, 6.45) is 5.66. The highest BCUT2D eigenvalue weighted by atomic mass is 32.2. The normalized spacial score (nSPS) is 11.1. The molecule has 2 aromatic carbocycles. The molecule has 6 heteroatoms. The third kappa shape index (κ3) is 6.54. The first-order chi connectivity index (χ1) is 14.8. The summed E-state index contributed by atoms with van der Waals surface area (Å²) in [7, 11) is 0. The molecule has 0 amide bonds. The lowest BCUT2D eigenvalue weighted by Gasteiger charge is -2.01. The van der Waals surface area contributed by atoms with Crippen LogP contribution in [-0.4, -0.2) is 31.4 Å². The second kappa shape index (κ2) is 11.1. The number of aromatic amines is 2. The lowest BCUT2D eigenvalue weighted by atomic mass is 10.1. The molecule has 0 saturated heterocycles. The maximum absolute atomic E-state index is 4.51. The van der Waals surface area contributed by atoms with E-state index in [1.165, 1.54) is 22.5 Å². The number of H-pyrrole nitrogens is 2. The van der Waals surface area contributed by atoms with E-state index in [1.807, 2.05) is 48.1 Å². The molecule has 0 spiro atoms. The molecule has 0 aliphatic heterocycles. The van der Waals surface area contributed by atoms with Crippen LogP contribution in [0.4, 0.5) is 0 Å². The minimum Gasteiger partial charge on any atom is -0.345 e. The molecule has 0 bridgehead atoms. The highest BCUT2D eigenvalue weighted by Gasteiger charge is 2.04. The van der Waals surface area contributed by atoms with E-state index >= 15 is 0 Å². The van der Waals surface area contributed by atoms with Crippen LogP contribution in [-0.2, 0) is 24.3 Å². The predicted octanol–water partition coefficient (Wildman–Crippen LogP) is 5.48. The Balaban J connectivity index is 1.11. The molecule has 0 fully saturated rings. The van der Waals surface area contributed by atoms with E-state index in [0.29, 0.717) is 0 Å². The molecule has 0 atom stereocenters. The van der Waals surface area contributed by atoms with E-state index in [2.05, 4.69) is 68.5 Å². The first-order valence-corrected chi connectivity index (χ1v) is 12.4. The SMILES string of the molecule is c1ccc(Cc2ncc(CSCCSCc3cnc(Cc4ccccc4)[nH]3)[nH]2)cc1. The minimum absolute atomic E-state index is 0.859. The Morgan fingerprint density at radius 3 is 1.47 bits per heavy atom. The first-order valence-electron chi connectivity index (χ1n) is 10.1. The van der Waals surface area contributed by atoms with Crippen LogP contribution in [0.25, 0.3) is 0 Å². The number of nitrogens with one attached hydrogen (secondary N) is 2. The number of hydrogen-bond acceptors (Lipinski definition) is 4. The zero-order chi connectivity index (χ0) is 20.4. The quantitative estimate of drug-likeness (QED) is 0.307. The maximum atomic E-state index is 4.51. The zero-order valence-electron chi connectivity index (χ0n) is 16.9. The summed E-state index contributed by atoms with van der Waals surface area (Å²) in [6.45, 7) is 0. The van der Waals surface area contributed by atoms with Gasteiger partial charge in [0.15, 0.2) is 0 Å². The minimum atomic E-state index is 0.859. The van der Waals surface area contributed by atoms with Crippen molar-refractivity contribution in [3.8, 4) is 0 Å². The van der Waals surface area contributed by atoms with Crippen molar-refractivity contribution in [3.63, 3.8) is 0 Å². The second-order valence-electron chi connectivity index (χ2n) is 7.14. The van der Waals surface area contributed by atoms with Crippen LogP contribution in [0.3, 0.4) is 0 Å². The molecule has 2 aromatic heterocycles. The van der Waals surface area contributed by atoms with Gasteiger partial charge in [-0.15, -0.1) is 0 Å². The Kier molecular flexibility index (Phi) is 7.69. The summed E-state index contributed by atoms with van der Waals surface area (Å²) >= 11 is 3.90. The van der Waals surface area contributed by atoms with Gasteiger partial charge in [0, 0.05) is 59.6 Å². The van der Waals surface area contributed by atoms with Crippen LogP contribution in [0, 0.1) is 0 Å². The van der Waals surface area contributed by atoms with Crippen LogP contribution in [0.1, 0.15) is 34.2 Å². The second-order valence-corrected chi connectivity index (χ2v) is 9.35. The Morgan fingerprint density at radius 2 is 1.03 bits per heavy atom. The van der Waals surface area contributed by atoms with E-state index in [1.54, 1.807) is 0 Å². The van der Waals surface area contributed by atoms with Crippen molar-refractivity contribution in [2.75, 3.05) is 11.5 Å². The van der Waals surface area contributed by atoms with Crippen molar-refractivity contribution in [2.24, 2.45) is 0 Å². The molecule has 0 saturated carbocycles. The molecule has 0 aliphatic rings. The van der Waals surface area contributed by atoms with Gasteiger partial charge in [-0.1, -0.05) is 60.7 Å².